The number of fused-ring (bicyclic) bond motifs is 3. The third-order valence-corrected chi connectivity index (χ3v) is 5.93. The molecule has 26 heavy (non-hydrogen) atoms. The highest BCUT2D eigenvalue weighted by Gasteiger charge is 2.35. The van der Waals surface area contributed by atoms with Gasteiger partial charge in [0, 0.05) is 23.8 Å². The van der Waals surface area contributed by atoms with Crippen LogP contribution in [0.3, 0.4) is 0 Å². The van der Waals surface area contributed by atoms with Gasteiger partial charge < -0.3 is 4.90 Å². The van der Waals surface area contributed by atoms with Crippen LogP contribution in [0.1, 0.15) is 41.7 Å². The standard InChI is InChI=1S/C25H27N/c1-16-13-17(2)24(18(3)14-16)26(6)19-11-12-21-20-9-7-8-10-22(20)25(4,5)23(21)15-19/h7-15H,1-6H3. The van der Waals surface area contributed by atoms with Crippen molar-refractivity contribution in [2.24, 2.45) is 0 Å². The first kappa shape index (κ1) is 16.9. The molecule has 0 N–H and O–H groups in total. The predicted molar refractivity (Wildman–Crippen MR) is 113 cm³/mol. The van der Waals surface area contributed by atoms with E-state index in [1.54, 1.807) is 0 Å². The lowest BCUT2D eigenvalue weighted by molar-refractivity contribution is 0.660. The van der Waals surface area contributed by atoms with E-state index in [-0.39, 0.29) is 5.41 Å². The number of rotatable bonds is 2. The summed E-state index contributed by atoms with van der Waals surface area (Å²) in [5, 5.41) is 0. The van der Waals surface area contributed by atoms with Crippen LogP contribution in [0, 0.1) is 20.8 Å². The summed E-state index contributed by atoms with van der Waals surface area (Å²) in [6.45, 7) is 11.3. The molecular weight excluding hydrogens is 314 g/mol. The van der Waals surface area contributed by atoms with E-state index in [0.717, 1.165) is 0 Å². The first-order valence-corrected chi connectivity index (χ1v) is 9.36. The van der Waals surface area contributed by atoms with Crippen molar-refractivity contribution in [3.05, 3.63) is 82.4 Å². The van der Waals surface area contributed by atoms with Crippen LogP contribution in [-0.2, 0) is 5.41 Å². The fraction of sp³-hybridized carbons (Fsp3) is 0.280. The molecule has 0 fully saturated rings. The Labute approximate surface area is 157 Å². The Morgan fingerprint density at radius 3 is 2.04 bits per heavy atom. The number of nitrogens with zero attached hydrogens (tertiary/aromatic N) is 1. The van der Waals surface area contributed by atoms with Crippen molar-refractivity contribution in [1.82, 2.24) is 0 Å². The summed E-state index contributed by atoms with van der Waals surface area (Å²) in [5.41, 5.74) is 12.2. The van der Waals surface area contributed by atoms with Crippen molar-refractivity contribution in [3.63, 3.8) is 0 Å². The Morgan fingerprint density at radius 1 is 0.731 bits per heavy atom. The molecule has 0 saturated heterocycles. The summed E-state index contributed by atoms with van der Waals surface area (Å²) in [6, 6.07) is 20.3. The summed E-state index contributed by atoms with van der Waals surface area (Å²) in [7, 11) is 2.18. The maximum atomic E-state index is 2.38. The lowest BCUT2D eigenvalue weighted by Crippen LogP contribution is -2.17. The van der Waals surface area contributed by atoms with Gasteiger partial charge in [0.15, 0.2) is 0 Å². The Morgan fingerprint density at radius 2 is 1.35 bits per heavy atom. The van der Waals surface area contributed by atoms with E-state index >= 15 is 0 Å². The normalized spacial score (nSPS) is 14.1. The Balaban J connectivity index is 1.84. The van der Waals surface area contributed by atoms with Crippen LogP contribution in [0.15, 0.2) is 54.6 Å². The molecule has 0 aliphatic heterocycles. The van der Waals surface area contributed by atoms with Gasteiger partial charge in [-0.3, -0.25) is 0 Å². The number of benzene rings is 3. The molecule has 0 saturated carbocycles. The lowest BCUT2D eigenvalue weighted by atomic mass is 9.82. The Hall–Kier alpha value is -2.54. The predicted octanol–water partition coefficient (Wildman–Crippen LogP) is 6.69. The highest BCUT2D eigenvalue weighted by atomic mass is 15.1. The molecule has 0 atom stereocenters. The Kier molecular flexibility index (Phi) is 3.73. The maximum Gasteiger partial charge on any atom is 0.0467 e. The third kappa shape index (κ3) is 2.38. The van der Waals surface area contributed by atoms with Crippen LogP contribution in [0.4, 0.5) is 11.4 Å². The topological polar surface area (TPSA) is 3.24 Å². The zero-order chi connectivity index (χ0) is 18.6. The molecule has 3 aromatic rings. The molecule has 0 radical (unpaired) electrons. The minimum Gasteiger partial charge on any atom is -0.344 e. The highest BCUT2D eigenvalue weighted by Crippen LogP contribution is 2.49. The molecule has 1 nitrogen and oxygen atoms in total. The van der Waals surface area contributed by atoms with Crippen LogP contribution in [-0.4, -0.2) is 7.05 Å². The van der Waals surface area contributed by atoms with Gasteiger partial charge in [0.2, 0.25) is 0 Å². The zero-order valence-corrected chi connectivity index (χ0v) is 16.6. The van der Waals surface area contributed by atoms with Crippen LogP contribution in [0.25, 0.3) is 11.1 Å². The molecule has 1 heteroatoms. The lowest BCUT2D eigenvalue weighted by Gasteiger charge is -2.27. The van der Waals surface area contributed by atoms with Crippen molar-refractivity contribution in [3.8, 4) is 11.1 Å². The van der Waals surface area contributed by atoms with Crippen LogP contribution < -0.4 is 4.90 Å². The molecule has 1 aliphatic rings. The van der Waals surface area contributed by atoms with E-state index in [4.69, 9.17) is 0 Å². The van der Waals surface area contributed by atoms with Gasteiger partial charge in [-0.1, -0.05) is 61.9 Å². The van der Waals surface area contributed by atoms with E-state index in [2.05, 4.69) is 101 Å². The van der Waals surface area contributed by atoms with Crippen molar-refractivity contribution in [2.45, 2.75) is 40.0 Å². The van der Waals surface area contributed by atoms with Crippen LogP contribution in [0.5, 0.6) is 0 Å². The molecule has 0 bridgehead atoms. The maximum absolute atomic E-state index is 2.38. The number of aryl methyl sites for hydroxylation is 3. The average molecular weight is 341 g/mol. The summed E-state index contributed by atoms with van der Waals surface area (Å²) in [6.07, 6.45) is 0. The fourth-order valence-corrected chi connectivity index (χ4v) is 4.73. The highest BCUT2D eigenvalue weighted by molar-refractivity contribution is 5.83. The fourth-order valence-electron chi connectivity index (χ4n) is 4.73. The molecule has 0 aromatic heterocycles. The minimum atomic E-state index is 0.0418. The van der Waals surface area contributed by atoms with Gasteiger partial charge in [-0.25, -0.2) is 0 Å². The molecule has 4 rings (SSSR count). The molecule has 132 valence electrons. The van der Waals surface area contributed by atoms with Crippen molar-refractivity contribution in [1.29, 1.82) is 0 Å². The second-order valence-corrected chi connectivity index (χ2v) is 8.21. The first-order chi connectivity index (χ1) is 12.3. The van der Waals surface area contributed by atoms with Gasteiger partial charge in [0.1, 0.15) is 0 Å². The average Bonchev–Trinajstić information content (AvgIpc) is 2.82. The van der Waals surface area contributed by atoms with Gasteiger partial charge in [0.05, 0.1) is 0 Å². The molecule has 0 spiro atoms. The van der Waals surface area contributed by atoms with Gasteiger partial charge in [-0.15, -0.1) is 0 Å². The number of hydrogen-bond donors (Lipinski definition) is 0. The molecule has 3 aromatic carbocycles. The van der Waals surface area contributed by atoms with E-state index < -0.39 is 0 Å². The smallest absolute Gasteiger partial charge is 0.0467 e. The van der Waals surface area contributed by atoms with Crippen molar-refractivity contribution in [2.75, 3.05) is 11.9 Å². The second kappa shape index (κ2) is 5.74. The van der Waals surface area contributed by atoms with E-state index in [1.807, 2.05) is 0 Å². The summed E-state index contributed by atoms with van der Waals surface area (Å²) in [5.74, 6) is 0. The minimum absolute atomic E-state index is 0.0418. The van der Waals surface area contributed by atoms with Gasteiger partial charge in [-0.2, -0.15) is 0 Å². The van der Waals surface area contributed by atoms with E-state index in [9.17, 15) is 0 Å². The summed E-state index contributed by atoms with van der Waals surface area (Å²) < 4.78 is 0. The molecular formula is C25H27N. The quantitative estimate of drug-likeness (QED) is 0.502. The van der Waals surface area contributed by atoms with Crippen molar-refractivity contribution < 1.29 is 0 Å². The molecule has 0 heterocycles. The van der Waals surface area contributed by atoms with Crippen molar-refractivity contribution >= 4 is 11.4 Å². The van der Waals surface area contributed by atoms with Gasteiger partial charge in [0.25, 0.3) is 0 Å². The monoisotopic (exact) mass is 341 g/mol. The molecule has 0 amide bonds. The zero-order valence-electron chi connectivity index (χ0n) is 16.6. The van der Waals surface area contributed by atoms with Gasteiger partial charge in [-0.05, 0) is 66.3 Å². The largest absolute Gasteiger partial charge is 0.344 e. The first-order valence-electron chi connectivity index (χ1n) is 9.36. The second-order valence-electron chi connectivity index (χ2n) is 8.21. The summed E-state index contributed by atoms with van der Waals surface area (Å²) >= 11 is 0. The van der Waals surface area contributed by atoms with E-state index in [0.29, 0.717) is 0 Å². The van der Waals surface area contributed by atoms with Crippen LogP contribution in [0.2, 0.25) is 0 Å². The molecule has 1 aliphatic carbocycles. The Bertz CT molecular complexity index is 987. The number of hydrogen-bond acceptors (Lipinski definition) is 1. The third-order valence-electron chi connectivity index (χ3n) is 5.93. The van der Waals surface area contributed by atoms with Crippen LogP contribution >= 0.6 is 0 Å². The molecule has 0 unspecified atom stereocenters. The van der Waals surface area contributed by atoms with Gasteiger partial charge >= 0.3 is 0 Å². The van der Waals surface area contributed by atoms with E-state index in [1.165, 1.54) is 50.3 Å². The number of anilines is 2. The summed E-state index contributed by atoms with van der Waals surface area (Å²) in [4.78, 5) is 2.34. The SMILES string of the molecule is Cc1cc(C)c(N(C)c2ccc3c(c2)C(C)(C)c2ccccc2-3)c(C)c1.